The maximum Gasteiger partial charge on any atom is 0.573 e. The van der Waals surface area contributed by atoms with Crippen molar-refractivity contribution in [3.05, 3.63) is 54.1 Å². The first-order valence-corrected chi connectivity index (χ1v) is 9.78. The maximum atomic E-state index is 12.1. The topological polar surface area (TPSA) is 79.8 Å². The first-order chi connectivity index (χ1) is 14.5. The van der Waals surface area contributed by atoms with Gasteiger partial charge in [0.2, 0.25) is 5.91 Å². The lowest BCUT2D eigenvalue weighted by Crippen LogP contribution is -2.42. The van der Waals surface area contributed by atoms with E-state index in [2.05, 4.69) is 23.9 Å². The second-order valence-electron chi connectivity index (χ2n) is 7.40. The molecule has 0 saturated heterocycles. The van der Waals surface area contributed by atoms with E-state index >= 15 is 0 Å². The van der Waals surface area contributed by atoms with E-state index in [0.717, 1.165) is 5.56 Å². The summed E-state index contributed by atoms with van der Waals surface area (Å²) >= 11 is 0. The number of amides is 1. The lowest BCUT2D eigenvalue weighted by molar-refractivity contribution is -0.274. The molecule has 2 aromatic carbocycles. The maximum absolute atomic E-state index is 12.1. The quantitative estimate of drug-likeness (QED) is 0.376. The first kappa shape index (κ1) is 26.3. The number of rotatable bonds is 8. The Morgan fingerprint density at radius 3 is 1.84 bits per heavy atom. The third-order valence-electron chi connectivity index (χ3n) is 3.83. The van der Waals surface area contributed by atoms with Gasteiger partial charge in [-0.25, -0.2) is 5.48 Å². The van der Waals surface area contributed by atoms with Gasteiger partial charge in [0.05, 0.1) is 5.41 Å². The predicted octanol–water partition coefficient (Wildman–Crippen LogP) is 5.42. The standard InChI is InChI=1S/C19H21F3N2O4.C3H8/c1-18(2,17(25)24-26)12-23-11-13-3-5-14(6-4-13)27-15-7-9-16(10-8-15)28-19(20,21)22;1-3-2/h3-10,23,26H,11-12H2,1-2H3,(H,24,25);3H2,1-2H3. The van der Waals surface area contributed by atoms with Crippen molar-refractivity contribution in [1.29, 1.82) is 0 Å². The number of benzene rings is 2. The summed E-state index contributed by atoms with van der Waals surface area (Å²) in [6.07, 6.45) is -3.48. The summed E-state index contributed by atoms with van der Waals surface area (Å²) in [5, 5.41) is 11.8. The molecule has 1 amide bonds. The van der Waals surface area contributed by atoms with Crippen molar-refractivity contribution in [2.75, 3.05) is 6.54 Å². The lowest BCUT2D eigenvalue weighted by atomic mass is 9.92. The number of carbonyl (C=O) groups is 1. The van der Waals surface area contributed by atoms with Crippen molar-refractivity contribution in [1.82, 2.24) is 10.8 Å². The van der Waals surface area contributed by atoms with Crippen molar-refractivity contribution < 1.29 is 32.6 Å². The third kappa shape index (κ3) is 10.2. The zero-order chi connectivity index (χ0) is 23.5. The number of ether oxygens (including phenoxy) is 2. The summed E-state index contributed by atoms with van der Waals surface area (Å²) in [5.74, 6) is 0.0971. The summed E-state index contributed by atoms with van der Waals surface area (Å²) in [6.45, 7) is 8.52. The molecule has 0 aromatic heterocycles. The predicted molar refractivity (Wildman–Crippen MR) is 111 cm³/mol. The smallest absolute Gasteiger partial charge is 0.457 e. The number of hydrogen-bond donors (Lipinski definition) is 3. The second-order valence-corrected chi connectivity index (χ2v) is 7.40. The Balaban J connectivity index is 0.00000151. The molecule has 2 aromatic rings. The van der Waals surface area contributed by atoms with Crippen LogP contribution in [0.4, 0.5) is 13.2 Å². The fraction of sp³-hybridized carbons (Fsp3) is 0.409. The Morgan fingerprint density at radius 2 is 1.39 bits per heavy atom. The molecule has 3 N–H and O–H groups in total. The van der Waals surface area contributed by atoms with Crippen LogP contribution in [0.2, 0.25) is 0 Å². The molecule has 2 rings (SSSR count). The molecule has 9 heteroatoms. The number of halogens is 3. The lowest BCUT2D eigenvalue weighted by Gasteiger charge is -2.22. The molecule has 0 saturated carbocycles. The van der Waals surface area contributed by atoms with Crippen LogP contribution in [0, 0.1) is 5.41 Å². The summed E-state index contributed by atoms with van der Waals surface area (Å²) in [7, 11) is 0. The van der Waals surface area contributed by atoms with Crippen LogP contribution in [0.1, 0.15) is 39.7 Å². The van der Waals surface area contributed by atoms with Gasteiger partial charge in [-0.2, -0.15) is 0 Å². The van der Waals surface area contributed by atoms with E-state index < -0.39 is 17.7 Å². The van der Waals surface area contributed by atoms with Gasteiger partial charge in [0, 0.05) is 13.1 Å². The SMILES string of the molecule is CC(C)(CNCc1ccc(Oc2ccc(OC(F)(F)F)cc2)cc1)C(=O)NO.CCC. The van der Waals surface area contributed by atoms with Gasteiger partial charge in [-0.05, 0) is 55.8 Å². The molecule has 0 heterocycles. The van der Waals surface area contributed by atoms with Crippen LogP contribution in [-0.4, -0.2) is 24.0 Å². The summed E-state index contributed by atoms with van der Waals surface area (Å²) in [4.78, 5) is 11.5. The van der Waals surface area contributed by atoms with Gasteiger partial charge in [-0.15, -0.1) is 13.2 Å². The van der Waals surface area contributed by atoms with Gasteiger partial charge >= 0.3 is 6.36 Å². The molecule has 0 atom stereocenters. The number of hydroxylamine groups is 1. The Hall–Kier alpha value is -2.78. The van der Waals surface area contributed by atoms with Gasteiger partial charge in [0.15, 0.2) is 0 Å². The molecule has 0 aliphatic rings. The van der Waals surface area contributed by atoms with Gasteiger partial charge in [0.1, 0.15) is 17.2 Å². The molecule has 31 heavy (non-hydrogen) atoms. The van der Waals surface area contributed by atoms with E-state index in [9.17, 15) is 18.0 Å². The zero-order valence-electron chi connectivity index (χ0n) is 18.0. The van der Waals surface area contributed by atoms with Crippen LogP contribution in [-0.2, 0) is 11.3 Å². The number of carbonyl (C=O) groups excluding carboxylic acids is 1. The van der Waals surface area contributed by atoms with Crippen LogP contribution < -0.4 is 20.3 Å². The first-order valence-electron chi connectivity index (χ1n) is 9.78. The fourth-order valence-electron chi connectivity index (χ4n) is 2.27. The van der Waals surface area contributed by atoms with Crippen molar-refractivity contribution in [3.63, 3.8) is 0 Å². The molecular formula is C22H29F3N2O4. The number of alkyl halides is 3. The van der Waals surface area contributed by atoms with E-state index in [1.165, 1.54) is 30.7 Å². The van der Waals surface area contributed by atoms with E-state index in [1.54, 1.807) is 31.5 Å². The van der Waals surface area contributed by atoms with Crippen LogP contribution in [0.3, 0.4) is 0 Å². The normalized spacial score (nSPS) is 11.2. The van der Waals surface area contributed by atoms with Gasteiger partial charge < -0.3 is 14.8 Å². The van der Waals surface area contributed by atoms with E-state index in [4.69, 9.17) is 9.94 Å². The molecule has 0 spiro atoms. The Morgan fingerprint density at radius 1 is 0.935 bits per heavy atom. The van der Waals surface area contributed by atoms with Crippen molar-refractivity contribution >= 4 is 5.91 Å². The Labute approximate surface area is 180 Å². The average molecular weight is 442 g/mol. The van der Waals surface area contributed by atoms with E-state index in [0.29, 0.717) is 24.6 Å². The van der Waals surface area contributed by atoms with Crippen LogP contribution >= 0.6 is 0 Å². The Kier molecular flexibility index (Phi) is 10.3. The third-order valence-corrected chi connectivity index (χ3v) is 3.83. The van der Waals surface area contributed by atoms with Crippen LogP contribution in [0.15, 0.2) is 48.5 Å². The average Bonchev–Trinajstić information content (AvgIpc) is 2.69. The monoisotopic (exact) mass is 442 g/mol. The minimum atomic E-state index is -4.73. The van der Waals surface area contributed by atoms with Crippen LogP contribution in [0.25, 0.3) is 0 Å². The second kappa shape index (κ2) is 12.2. The van der Waals surface area contributed by atoms with Crippen molar-refractivity contribution in [3.8, 4) is 17.2 Å². The number of nitrogens with one attached hydrogen (secondary N) is 2. The minimum absolute atomic E-state index is 0.320. The molecule has 0 aliphatic carbocycles. The highest BCUT2D eigenvalue weighted by molar-refractivity contribution is 5.80. The molecule has 0 radical (unpaired) electrons. The number of hydrogen-bond acceptors (Lipinski definition) is 5. The molecule has 172 valence electrons. The Bertz CT molecular complexity index is 792. The highest BCUT2D eigenvalue weighted by Gasteiger charge is 2.31. The van der Waals surface area contributed by atoms with Gasteiger partial charge in [-0.3, -0.25) is 10.0 Å². The van der Waals surface area contributed by atoms with Crippen LogP contribution in [0.5, 0.6) is 17.2 Å². The molecule has 6 nitrogen and oxygen atoms in total. The highest BCUT2D eigenvalue weighted by Crippen LogP contribution is 2.27. The molecule has 0 aliphatic heterocycles. The van der Waals surface area contributed by atoms with E-state index in [1.807, 2.05) is 12.1 Å². The van der Waals surface area contributed by atoms with Crippen molar-refractivity contribution in [2.45, 2.75) is 47.0 Å². The van der Waals surface area contributed by atoms with Gasteiger partial charge in [0.25, 0.3) is 0 Å². The molecular weight excluding hydrogens is 413 g/mol. The van der Waals surface area contributed by atoms with E-state index in [-0.39, 0.29) is 5.75 Å². The fourth-order valence-corrected chi connectivity index (χ4v) is 2.27. The van der Waals surface area contributed by atoms with Crippen molar-refractivity contribution in [2.24, 2.45) is 5.41 Å². The molecule has 0 fully saturated rings. The summed E-state index contributed by atoms with van der Waals surface area (Å²) < 4.78 is 45.8. The van der Waals surface area contributed by atoms with Gasteiger partial charge in [-0.1, -0.05) is 32.4 Å². The summed E-state index contributed by atoms with van der Waals surface area (Å²) in [6, 6.07) is 12.2. The largest absolute Gasteiger partial charge is 0.573 e. The minimum Gasteiger partial charge on any atom is -0.457 e. The zero-order valence-corrected chi connectivity index (χ0v) is 18.0. The molecule has 0 unspecified atom stereocenters. The highest BCUT2D eigenvalue weighted by atomic mass is 19.4. The molecule has 0 bridgehead atoms. The summed E-state index contributed by atoms with van der Waals surface area (Å²) in [5.41, 5.74) is 1.82.